The van der Waals surface area contributed by atoms with Crippen LogP contribution in [-0.2, 0) is 24.2 Å². The van der Waals surface area contributed by atoms with E-state index in [2.05, 4.69) is 63.8 Å². The lowest BCUT2D eigenvalue weighted by Crippen LogP contribution is -2.49. The third-order valence-electron chi connectivity index (χ3n) is 5.65. The maximum atomic E-state index is 12.6. The highest BCUT2D eigenvalue weighted by molar-refractivity contribution is 5.81. The van der Waals surface area contributed by atoms with Gasteiger partial charge in [0.1, 0.15) is 5.76 Å². The summed E-state index contributed by atoms with van der Waals surface area (Å²) < 4.78 is 5.41. The zero-order valence-corrected chi connectivity index (χ0v) is 18.9. The predicted octanol–water partition coefficient (Wildman–Crippen LogP) is 2.20. The largest absolute Gasteiger partial charge is 0.368 e. The average Bonchev–Trinajstić information content (AvgIpc) is 3.23. The normalized spacial score (nSPS) is 14.6. The van der Waals surface area contributed by atoms with E-state index < -0.39 is 0 Å². The number of piperazine rings is 1. The quantitative estimate of drug-likeness (QED) is 0.497. The van der Waals surface area contributed by atoms with Crippen LogP contribution in [0.25, 0.3) is 0 Å². The van der Waals surface area contributed by atoms with Crippen LogP contribution in [-0.4, -0.2) is 61.7 Å². The van der Waals surface area contributed by atoms with Gasteiger partial charge >= 0.3 is 0 Å². The van der Waals surface area contributed by atoms with Crippen molar-refractivity contribution in [1.29, 1.82) is 0 Å². The lowest BCUT2D eigenvalue weighted by Gasteiger charge is -2.36. The van der Waals surface area contributed by atoms with Crippen LogP contribution in [0.4, 0.5) is 5.69 Å². The second-order valence-corrected chi connectivity index (χ2v) is 7.54. The van der Waals surface area contributed by atoms with Gasteiger partial charge < -0.3 is 25.0 Å². The summed E-state index contributed by atoms with van der Waals surface area (Å²) >= 11 is 0. The molecule has 1 amide bonds. The highest BCUT2D eigenvalue weighted by Crippen LogP contribution is 2.16. The van der Waals surface area contributed by atoms with E-state index >= 15 is 0 Å². The standard InChI is InChI=1S/C23H34N6O2/c1-4-20-19(21(5-2)31-27-20)17-26-23(24-3)25-12-11-22(30)29-15-13-28(14-16-29)18-9-7-6-8-10-18/h6-10H,4-5,11-17H2,1-3H3,(H2,24,25,26). The molecule has 0 spiro atoms. The molecule has 1 saturated heterocycles. The number of carbonyl (C=O) groups excluding carboxylic acids is 1. The number of carbonyl (C=O) groups is 1. The molecule has 1 aromatic heterocycles. The summed E-state index contributed by atoms with van der Waals surface area (Å²) in [6, 6.07) is 10.4. The summed E-state index contributed by atoms with van der Waals surface area (Å²) in [5, 5.41) is 10.7. The van der Waals surface area contributed by atoms with Crippen molar-refractivity contribution < 1.29 is 9.32 Å². The lowest BCUT2D eigenvalue weighted by atomic mass is 10.1. The number of aromatic nitrogens is 1. The summed E-state index contributed by atoms with van der Waals surface area (Å²) in [7, 11) is 1.73. The topological polar surface area (TPSA) is 86.0 Å². The lowest BCUT2D eigenvalue weighted by molar-refractivity contribution is -0.131. The summed E-state index contributed by atoms with van der Waals surface area (Å²) in [5.41, 5.74) is 3.29. The van der Waals surface area contributed by atoms with Crippen LogP contribution in [0.1, 0.15) is 37.3 Å². The smallest absolute Gasteiger partial charge is 0.224 e. The molecule has 1 aliphatic rings. The van der Waals surface area contributed by atoms with E-state index in [0.29, 0.717) is 25.5 Å². The molecule has 1 fully saturated rings. The van der Waals surface area contributed by atoms with Crippen LogP contribution in [0.15, 0.2) is 39.8 Å². The molecule has 0 atom stereocenters. The Balaban J connectivity index is 1.40. The molecule has 0 unspecified atom stereocenters. The first-order valence-electron chi connectivity index (χ1n) is 11.1. The van der Waals surface area contributed by atoms with Crippen molar-refractivity contribution in [2.45, 2.75) is 39.7 Å². The van der Waals surface area contributed by atoms with Crippen LogP contribution < -0.4 is 15.5 Å². The molecule has 8 heteroatoms. The molecular weight excluding hydrogens is 392 g/mol. The van der Waals surface area contributed by atoms with Gasteiger partial charge in [-0.15, -0.1) is 0 Å². The number of nitrogens with one attached hydrogen (secondary N) is 2. The fourth-order valence-corrected chi connectivity index (χ4v) is 3.83. The monoisotopic (exact) mass is 426 g/mol. The highest BCUT2D eigenvalue weighted by Gasteiger charge is 2.21. The van der Waals surface area contributed by atoms with Gasteiger partial charge in [-0.25, -0.2) is 0 Å². The molecule has 0 radical (unpaired) electrons. The molecule has 0 saturated carbocycles. The van der Waals surface area contributed by atoms with Gasteiger partial charge in [0, 0.05) is 70.4 Å². The first-order valence-corrected chi connectivity index (χ1v) is 11.1. The SMILES string of the molecule is CCc1noc(CC)c1CNC(=NC)NCCC(=O)N1CCN(c2ccccc2)CC1. The zero-order valence-electron chi connectivity index (χ0n) is 18.9. The molecule has 3 rings (SSSR count). The third-order valence-corrected chi connectivity index (χ3v) is 5.65. The number of hydrogen-bond acceptors (Lipinski definition) is 5. The maximum Gasteiger partial charge on any atom is 0.224 e. The van der Waals surface area contributed by atoms with E-state index in [1.54, 1.807) is 7.05 Å². The maximum absolute atomic E-state index is 12.6. The Morgan fingerprint density at radius 1 is 1.10 bits per heavy atom. The zero-order chi connectivity index (χ0) is 22.1. The second kappa shape index (κ2) is 11.4. The third kappa shape index (κ3) is 5.99. The number of amides is 1. The van der Waals surface area contributed by atoms with E-state index in [1.165, 1.54) is 5.69 Å². The van der Waals surface area contributed by atoms with Gasteiger partial charge in [0.05, 0.1) is 5.69 Å². The van der Waals surface area contributed by atoms with Crippen LogP contribution in [0, 0.1) is 0 Å². The molecule has 2 heterocycles. The number of para-hydroxylation sites is 1. The van der Waals surface area contributed by atoms with Crippen molar-refractivity contribution >= 4 is 17.6 Å². The molecule has 0 aliphatic carbocycles. The Morgan fingerprint density at radius 2 is 1.84 bits per heavy atom. The minimum atomic E-state index is 0.177. The number of aryl methyl sites for hydroxylation is 2. The van der Waals surface area contributed by atoms with Gasteiger partial charge in [-0.2, -0.15) is 0 Å². The van der Waals surface area contributed by atoms with E-state index in [0.717, 1.165) is 56.0 Å². The number of guanidine groups is 1. The van der Waals surface area contributed by atoms with Crippen molar-refractivity contribution in [2.24, 2.45) is 4.99 Å². The van der Waals surface area contributed by atoms with Crippen molar-refractivity contribution in [2.75, 3.05) is 44.7 Å². The highest BCUT2D eigenvalue weighted by atomic mass is 16.5. The fraction of sp³-hybridized carbons (Fsp3) is 0.522. The fourth-order valence-electron chi connectivity index (χ4n) is 3.83. The van der Waals surface area contributed by atoms with Crippen molar-refractivity contribution in [3.63, 3.8) is 0 Å². The minimum absolute atomic E-state index is 0.177. The first-order chi connectivity index (χ1) is 15.2. The second-order valence-electron chi connectivity index (χ2n) is 7.54. The molecule has 0 bridgehead atoms. The number of hydrogen-bond donors (Lipinski definition) is 2. The number of anilines is 1. The number of rotatable bonds is 8. The van der Waals surface area contributed by atoms with Crippen LogP contribution in [0.5, 0.6) is 0 Å². The number of benzene rings is 1. The van der Waals surface area contributed by atoms with Gasteiger partial charge in [-0.3, -0.25) is 9.79 Å². The van der Waals surface area contributed by atoms with Crippen molar-refractivity contribution in [1.82, 2.24) is 20.7 Å². The Kier molecular flexibility index (Phi) is 8.32. The number of aliphatic imine (C=N–C) groups is 1. The summed E-state index contributed by atoms with van der Waals surface area (Å²) in [6.07, 6.45) is 2.08. The summed E-state index contributed by atoms with van der Waals surface area (Å²) in [5.74, 6) is 1.76. The Morgan fingerprint density at radius 3 is 2.48 bits per heavy atom. The van der Waals surface area contributed by atoms with Crippen LogP contribution in [0.2, 0.25) is 0 Å². The van der Waals surface area contributed by atoms with E-state index in [1.807, 2.05) is 11.0 Å². The van der Waals surface area contributed by atoms with Gasteiger partial charge in [-0.05, 0) is 18.6 Å². The van der Waals surface area contributed by atoms with E-state index in [4.69, 9.17) is 4.52 Å². The molecule has 8 nitrogen and oxygen atoms in total. The summed E-state index contributed by atoms with van der Waals surface area (Å²) in [4.78, 5) is 21.2. The molecule has 1 aromatic carbocycles. The Labute approximate surface area is 184 Å². The van der Waals surface area contributed by atoms with E-state index in [9.17, 15) is 4.79 Å². The van der Waals surface area contributed by atoms with E-state index in [-0.39, 0.29) is 5.91 Å². The van der Waals surface area contributed by atoms with Crippen molar-refractivity contribution in [3.05, 3.63) is 47.3 Å². The molecule has 2 aromatic rings. The summed E-state index contributed by atoms with van der Waals surface area (Å²) in [6.45, 7) is 8.52. The van der Waals surface area contributed by atoms with Crippen LogP contribution in [0.3, 0.4) is 0 Å². The minimum Gasteiger partial charge on any atom is -0.368 e. The molecule has 2 N–H and O–H groups in total. The van der Waals surface area contributed by atoms with Gasteiger partial charge in [0.2, 0.25) is 5.91 Å². The Hall–Kier alpha value is -3.03. The van der Waals surface area contributed by atoms with Gasteiger partial charge in [0.15, 0.2) is 5.96 Å². The first kappa shape index (κ1) is 22.7. The Bertz CT molecular complexity index is 835. The van der Waals surface area contributed by atoms with Gasteiger partial charge in [0.25, 0.3) is 0 Å². The molecular formula is C23H34N6O2. The van der Waals surface area contributed by atoms with Gasteiger partial charge in [-0.1, -0.05) is 37.2 Å². The average molecular weight is 427 g/mol. The molecule has 168 valence electrons. The predicted molar refractivity (Wildman–Crippen MR) is 123 cm³/mol. The van der Waals surface area contributed by atoms with Crippen LogP contribution >= 0.6 is 0 Å². The number of nitrogens with zero attached hydrogens (tertiary/aromatic N) is 4. The van der Waals surface area contributed by atoms with Crippen molar-refractivity contribution in [3.8, 4) is 0 Å². The molecule has 1 aliphatic heterocycles. The molecule has 31 heavy (non-hydrogen) atoms.